The molecule has 1 aromatic rings. The van der Waals surface area contributed by atoms with Crippen LogP contribution in [-0.4, -0.2) is 45.3 Å². The molecule has 0 bridgehead atoms. The zero-order valence-corrected chi connectivity index (χ0v) is 17.0. The fourth-order valence-electron chi connectivity index (χ4n) is 3.06. The van der Waals surface area contributed by atoms with Crippen molar-refractivity contribution in [2.24, 2.45) is 17.3 Å². The van der Waals surface area contributed by atoms with Gasteiger partial charge in [-0.25, -0.2) is 9.59 Å². The normalized spacial score (nSPS) is 20.1. The van der Waals surface area contributed by atoms with Crippen LogP contribution >= 0.6 is 0 Å². The predicted octanol–water partition coefficient (Wildman–Crippen LogP) is 3.07. The molecule has 3 atom stereocenters. The van der Waals surface area contributed by atoms with Crippen LogP contribution in [0.4, 0.5) is 13.2 Å². The summed E-state index contributed by atoms with van der Waals surface area (Å²) < 4.78 is 31.7. The Bertz CT molecular complexity index is 802. The minimum atomic E-state index is -5.08. The van der Waals surface area contributed by atoms with Gasteiger partial charge in [0.05, 0.1) is 5.92 Å². The van der Waals surface area contributed by atoms with E-state index in [1.165, 1.54) is 5.57 Å². The first kappa shape index (κ1) is 25.1. The molecule has 0 aliphatic heterocycles. The Hall–Kier alpha value is -2.91. The van der Waals surface area contributed by atoms with E-state index in [1.807, 2.05) is 27.7 Å². The monoisotopic (exact) mass is 430 g/mol. The van der Waals surface area contributed by atoms with Crippen molar-refractivity contribution in [3.63, 3.8) is 0 Å². The number of alkyl halides is 3. The Morgan fingerprint density at radius 1 is 1.20 bits per heavy atom. The number of aromatic nitrogens is 1. The molecule has 10 heteroatoms. The minimum absolute atomic E-state index is 0.124. The Labute approximate surface area is 172 Å². The van der Waals surface area contributed by atoms with Gasteiger partial charge < -0.3 is 15.5 Å². The smallest absolute Gasteiger partial charge is 0.480 e. The molecule has 1 aliphatic carbocycles. The molecule has 1 aromatic heterocycles. The van der Waals surface area contributed by atoms with E-state index in [0.29, 0.717) is 0 Å². The number of carbonyl (C=O) groups excluding carboxylic acids is 1. The number of rotatable bonds is 6. The Kier molecular flexibility index (Phi) is 8.15. The van der Waals surface area contributed by atoms with Crippen LogP contribution in [0.15, 0.2) is 36.2 Å². The van der Waals surface area contributed by atoms with Crippen LogP contribution in [0.25, 0.3) is 0 Å². The van der Waals surface area contributed by atoms with E-state index in [0.717, 1.165) is 5.56 Å². The molecule has 0 spiro atoms. The lowest BCUT2D eigenvalue weighted by Crippen LogP contribution is -2.43. The van der Waals surface area contributed by atoms with E-state index in [2.05, 4.69) is 16.4 Å². The van der Waals surface area contributed by atoms with Crippen LogP contribution in [0.1, 0.15) is 33.3 Å². The van der Waals surface area contributed by atoms with Crippen molar-refractivity contribution in [2.75, 3.05) is 0 Å². The number of halogens is 3. The summed E-state index contributed by atoms with van der Waals surface area (Å²) in [5.74, 6) is -3.96. The first-order chi connectivity index (χ1) is 13.7. The third kappa shape index (κ3) is 7.16. The molecule has 0 saturated heterocycles. The van der Waals surface area contributed by atoms with Crippen molar-refractivity contribution in [1.82, 2.24) is 10.3 Å². The molecule has 1 amide bonds. The molecule has 1 fully saturated rings. The second-order valence-corrected chi connectivity index (χ2v) is 7.83. The number of amides is 1. The van der Waals surface area contributed by atoms with E-state index < -0.39 is 24.2 Å². The summed E-state index contributed by atoms with van der Waals surface area (Å²) in [4.78, 5) is 36.8. The number of nitrogens with zero attached hydrogens (tertiary/aromatic N) is 1. The highest BCUT2D eigenvalue weighted by atomic mass is 19.4. The van der Waals surface area contributed by atoms with Gasteiger partial charge in [0.25, 0.3) is 0 Å². The largest absolute Gasteiger partial charge is 0.490 e. The number of hydrogen-bond acceptors (Lipinski definition) is 4. The number of aliphatic carboxylic acids is 2. The van der Waals surface area contributed by atoms with Crippen LogP contribution < -0.4 is 5.32 Å². The van der Waals surface area contributed by atoms with Crippen molar-refractivity contribution in [2.45, 2.75) is 46.3 Å². The summed E-state index contributed by atoms with van der Waals surface area (Å²) in [6, 6.07) is 2.60. The van der Waals surface area contributed by atoms with Crippen LogP contribution in [-0.2, 0) is 20.8 Å². The molecule has 3 N–H and O–H groups in total. The minimum Gasteiger partial charge on any atom is -0.480 e. The molecule has 0 radical (unpaired) electrons. The van der Waals surface area contributed by atoms with Gasteiger partial charge in [0, 0.05) is 18.8 Å². The number of allylic oxidation sites excluding steroid dienone is 2. The third-order valence-electron chi connectivity index (χ3n) is 4.75. The fraction of sp³-hybridized carbons (Fsp3) is 0.500. The first-order valence-electron chi connectivity index (χ1n) is 9.05. The van der Waals surface area contributed by atoms with E-state index in [-0.39, 0.29) is 29.6 Å². The summed E-state index contributed by atoms with van der Waals surface area (Å²) in [6.07, 6.45) is 0.503. The van der Waals surface area contributed by atoms with Gasteiger partial charge in [-0.3, -0.25) is 9.78 Å². The molecule has 166 valence electrons. The van der Waals surface area contributed by atoms with E-state index in [4.69, 9.17) is 9.90 Å². The molecule has 0 aromatic carbocycles. The third-order valence-corrected chi connectivity index (χ3v) is 4.75. The second-order valence-electron chi connectivity index (χ2n) is 7.83. The lowest BCUT2D eigenvalue weighted by molar-refractivity contribution is -0.192. The average molecular weight is 430 g/mol. The summed E-state index contributed by atoms with van der Waals surface area (Å²) in [5, 5.41) is 19.2. The lowest BCUT2D eigenvalue weighted by Gasteiger charge is -2.15. The summed E-state index contributed by atoms with van der Waals surface area (Å²) >= 11 is 0. The maximum Gasteiger partial charge on any atom is 0.490 e. The van der Waals surface area contributed by atoms with Crippen LogP contribution in [0.3, 0.4) is 0 Å². The second kappa shape index (κ2) is 9.73. The van der Waals surface area contributed by atoms with Gasteiger partial charge in [-0.05, 0) is 42.9 Å². The van der Waals surface area contributed by atoms with Gasteiger partial charge in [-0.15, -0.1) is 0 Å². The van der Waals surface area contributed by atoms with Gasteiger partial charge in [0.2, 0.25) is 5.91 Å². The van der Waals surface area contributed by atoms with Crippen molar-refractivity contribution >= 4 is 17.8 Å². The molecule has 1 saturated carbocycles. The van der Waals surface area contributed by atoms with Gasteiger partial charge in [-0.1, -0.05) is 25.5 Å². The van der Waals surface area contributed by atoms with Gasteiger partial charge in [0.1, 0.15) is 6.04 Å². The topological polar surface area (TPSA) is 117 Å². The number of hydrogen-bond donors (Lipinski definition) is 3. The summed E-state index contributed by atoms with van der Waals surface area (Å²) in [5.41, 5.74) is 1.88. The number of carboxylic acid groups (broad SMARTS) is 2. The molecule has 1 aliphatic rings. The summed E-state index contributed by atoms with van der Waals surface area (Å²) in [6.45, 7) is 8.10. The number of pyridine rings is 1. The molecular formula is C20H25F3N2O5. The zero-order chi connectivity index (χ0) is 23.3. The Morgan fingerprint density at radius 2 is 1.70 bits per heavy atom. The van der Waals surface area contributed by atoms with Crippen LogP contribution in [0, 0.1) is 17.3 Å². The predicted molar refractivity (Wildman–Crippen MR) is 101 cm³/mol. The molecule has 3 unspecified atom stereocenters. The van der Waals surface area contributed by atoms with Crippen molar-refractivity contribution < 1.29 is 37.8 Å². The van der Waals surface area contributed by atoms with E-state index in [9.17, 15) is 27.9 Å². The SMILES string of the molecule is CC(C)=CC1C(C(=O)NC(Cc2ccncc2)C(=O)O)C1(C)C.O=C(O)C(F)(F)F. The van der Waals surface area contributed by atoms with Crippen molar-refractivity contribution in [3.8, 4) is 0 Å². The van der Waals surface area contributed by atoms with E-state index in [1.54, 1.807) is 24.5 Å². The fourth-order valence-corrected chi connectivity index (χ4v) is 3.06. The van der Waals surface area contributed by atoms with Gasteiger partial charge in [-0.2, -0.15) is 13.2 Å². The van der Waals surface area contributed by atoms with Gasteiger partial charge >= 0.3 is 18.1 Å². The van der Waals surface area contributed by atoms with Crippen LogP contribution in [0.2, 0.25) is 0 Å². The highest BCUT2D eigenvalue weighted by molar-refractivity contribution is 5.88. The first-order valence-corrected chi connectivity index (χ1v) is 9.05. The van der Waals surface area contributed by atoms with Crippen LogP contribution in [0.5, 0.6) is 0 Å². The van der Waals surface area contributed by atoms with Gasteiger partial charge in [0.15, 0.2) is 0 Å². The molecule has 7 nitrogen and oxygen atoms in total. The van der Waals surface area contributed by atoms with E-state index >= 15 is 0 Å². The molecule has 1 heterocycles. The molecule has 30 heavy (non-hydrogen) atoms. The van der Waals surface area contributed by atoms with Crippen molar-refractivity contribution in [1.29, 1.82) is 0 Å². The van der Waals surface area contributed by atoms with Crippen molar-refractivity contribution in [3.05, 3.63) is 41.7 Å². The lowest BCUT2D eigenvalue weighted by atomic mass is 10.1. The molecular weight excluding hydrogens is 405 g/mol. The molecule has 2 rings (SSSR count). The Morgan fingerprint density at radius 3 is 2.10 bits per heavy atom. The standard InChI is InChI=1S/C18H24N2O3.C2HF3O2/c1-11(2)9-13-15(18(13,3)4)16(21)20-14(17(22)23)10-12-5-7-19-8-6-12;3-2(4,5)1(6)7/h5-9,13-15H,10H2,1-4H3,(H,20,21)(H,22,23);(H,6,7). The summed E-state index contributed by atoms with van der Waals surface area (Å²) in [7, 11) is 0. The number of carboxylic acids is 2. The maximum absolute atomic E-state index is 12.5. The average Bonchev–Trinajstić information content (AvgIpc) is 3.14. The zero-order valence-electron chi connectivity index (χ0n) is 17.0. The highest BCUT2D eigenvalue weighted by Gasteiger charge is 2.60. The maximum atomic E-state index is 12.5. The highest BCUT2D eigenvalue weighted by Crippen LogP contribution is 2.59. The number of carbonyl (C=O) groups is 3. The number of nitrogens with one attached hydrogen (secondary N) is 1. The Balaban J connectivity index is 0.000000553. The quantitative estimate of drug-likeness (QED) is 0.598.